The lowest BCUT2D eigenvalue weighted by molar-refractivity contribution is -0.137. The van der Waals surface area contributed by atoms with Crippen molar-refractivity contribution < 1.29 is 27.5 Å². The van der Waals surface area contributed by atoms with Crippen molar-refractivity contribution in [1.29, 1.82) is 0 Å². The topological polar surface area (TPSA) is 70.9 Å². The summed E-state index contributed by atoms with van der Waals surface area (Å²) in [6.45, 7) is 4.82. The summed E-state index contributed by atoms with van der Waals surface area (Å²) < 4.78 is 45.8. The molecule has 2 aromatic rings. The Bertz CT molecular complexity index is 1100. The lowest BCUT2D eigenvalue weighted by Gasteiger charge is -2.26. The number of carbonyl (C=O) groups excluding carboxylic acids is 2. The van der Waals surface area contributed by atoms with Crippen LogP contribution in [-0.4, -0.2) is 88.9 Å². The van der Waals surface area contributed by atoms with Crippen LogP contribution in [-0.2, 0) is 17.5 Å². The summed E-state index contributed by atoms with van der Waals surface area (Å²) in [5.74, 6) is 0.284. The molecule has 0 aliphatic carbocycles. The Balaban J connectivity index is 1.17. The van der Waals surface area contributed by atoms with Gasteiger partial charge in [-0.1, -0.05) is 11.6 Å². The van der Waals surface area contributed by atoms with E-state index in [1.165, 1.54) is 17.1 Å². The van der Waals surface area contributed by atoms with Gasteiger partial charge in [-0.3, -0.25) is 9.69 Å². The molecule has 3 saturated heterocycles. The van der Waals surface area contributed by atoms with Crippen molar-refractivity contribution in [3.63, 3.8) is 0 Å². The van der Waals surface area contributed by atoms with Crippen LogP contribution in [0.1, 0.15) is 21.5 Å². The average Bonchev–Trinajstić information content (AvgIpc) is 3.53. The van der Waals surface area contributed by atoms with Gasteiger partial charge in [-0.25, -0.2) is 4.79 Å². The molecule has 2 unspecified atom stereocenters. The number of nitrogens with zero attached hydrogens (tertiary/aromatic N) is 5. The van der Waals surface area contributed by atoms with Crippen LogP contribution in [0.2, 0.25) is 5.02 Å². The van der Waals surface area contributed by atoms with Gasteiger partial charge in [-0.2, -0.15) is 23.0 Å². The maximum Gasteiger partial charge on any atom is 0.416 e. The molecule has 0 N–H and O–H groups in total. The molecule has 188 valence electrons. The second kappa shape index (κ2) is 9.44. The number of morpholine rings is 1. The lowest BCUT2D eigenvalue weighted by Crippen LogP contribution is -2.40. The Hall–Kier alpha value is -2.63. The molecule has 3 aliphatic heterocycles. The average molecular weight is 512 g/mol. The molecule has 35 heavy (non-hydrogen) atoms. The standard InChI is InChI=1S/C23H25ClF3N5O3/c24-20-6-15(5-19(7-20)23(25,26)27)9-29-10-17-12-31(13-18(17)11-29)22(34)32-14-16(8-28-32)21(33)30-1-3-35-4-2-30/h5-8,14,17-18H,1-4,9-13H2. The summed E-state index contributed by atoms with van der Waals surface area (Å²) >= 11 is 5.91. The van der Waals surface area contributed by atoms with E-state index in [1.54, 1.807) is 15.9 Å². The van der Waals surface area contributed by atoms with Gasteiger partial charge in [0, 0.05) is 57.0 Å². The number of aromatic nitrogens is 2. The summed E-state index contributed by atoms with van der Waals surface area (Å²) in [6, 6.07) is 3.36. The Morgan fingerprint density at radius 1 is 1.03 bits per heavy atom. The Morgan fingerprint density at radius 3 is 2.37 bits per heavy atom. The van der Waals surface area contributed by atoms with E-state index in [2.05, 4.69) is 10.00 Å². The summed E-state index contributed by atoms with van der Waals surface area (Å²) in [4.78, 5) is 31.1. The first-order chi connectivity index (χ1) is 16.7. The van der Waals surface area contributed by atoms with Gasteiger partial charge in [0.15, 0.2) is 0 Å². The van der Waals surface area contributed by atoms with Crippen molar-refractivity contribution in [3.8, 4) is 0 Å². The number of fused-ring (bicyclic) bond motifs is 1. The van der Waals surface area contributed by atoms with Gasteiger partial charge in [-0.05, 0) is 35.6 Å². The van der Waals surface area contributed by atoms with Gasteiger partial charge >= 0.3 is 12.2 Å². The molecular weight excluding hydrogens is 487 g/mol. The lowest BCUT2D eigenvalue weighted by atomic mass is 10.0. The smallest absolute Gasteiger partial charge is 0.378 e. The van der Waals surface area contributed by atoms with Gasteiger partial charge in [0.05, 0.1) is 30.5 Å². The number of rotatable bonds is 3. The molecule has 3 fully saturated rings. The molecule has 1 aromatic heterocycles. The van der Waals surface area contributed by atoms with E-state index >= 15 is 0 Å². The highest BCUT2D eigenvalue weighted by molar-refractivity contribution is 6.30. The fourth-order valence-electron chi connectivity index (χ4n) is 5.17. The first-order valence-electron chi connectivity index (χ1n) is 11.5. The van der Waals surface area contributed by atoms with E-state index in [9.17, 15) is 22.8 Å². The molecule has 5 rings (SSSR count). The summed E-state index contributed by atoms with van der Waals surface area (Å²) in [5, 5.41) is 4.18. The van der Waals surface area contributed by atoms with Gasteiger partial charge < -0.3 is 14.5 Å². The van der Waals surface area contributed by atoms with E-state index in [0.29, 0.717) is 70.2 Å². The number of hydrogen-bond acceptors (Lipinski definition) is 5. The van der Waals surface area contributed by atoms with Gasteiger partial charge in [-0.15, -0.1) is 0 Å². The van der Waals surface area contributed by atoms with E-state index < -0.39 is 11.7 Å². The SMILES string of the molecule is O=C(c1cnn(C(=O)N2CC3CN(Cc4cc(Cl)cc(C(F)(F)F)c4)CC3C2)c1)N1CCOCC1. The van der Waals surface area contributed by atoms with Gasteiger partial charge in [0.25, 0.3) is 5.91 Å². The number of amides is 2. The molecular formula is C23H25ClF3N5O3. The fourth-order valence-corrected chi connectivity index (χ4v) is 5.43. The van der Waals surface area contributed by atoms with Crippen LogP contribution in [0, 0.1) is 11.8 Å². The zero-order chi connectivity index (χ0) is 24.7. The fraction of sp³-hybridized carbons (Fsp3) is 0.522. The third kappa shape index (κ3) is 5.17. The molecule has 3 aliphatic rings. The molecule has 0 saturated carbocycles. The summed E-state index contributed by atoms with van der Waals surface area (Å²) in [5.41, 5.74) is 0.138. The van der Waals surface area contributed by atoms with Crippen molar-refractivity contribution in [2.24, 2.45) is 11.8 Å². The molecule has 0 bridgehead atoms. The molecule has 8 nitrogen and oxygen atoms in total. The van der Waals surface area contributed by atoms with Crippen molar-refractivity contribution >= 4 is 23.5 Å². The quantitative estimate of drug-likeness (QED) is 0.633. The van der Waals surface area contributed by atoms with Crippen molar-refractivity contribution in [2.45, 2.75) is 12.7 Å². The minimum absolute atomic E-state index is 0.0664. The highest BCUT2D eigenvalue weighted by Crippen LogP contribution is 2.35. The van der Waals surface area contributed by atoms with E-state index in [4.69, 9.17) is 16.3 Å². The predicted molar refractivity (Wildman–Crippen MR) is 120 cm³/mol. The number of carbonyl (C=O) groups is 2. The summed E-state index contributed by atoms with van der Waals surface area (Å²) in [6.07, 6.45) is -1.56. The predicted octanol–water partition coefficient (Wildman–Crippen LogP) is 3.06. The number of likely N-dealkylation sites (tertiary alicyclic amines) is 2. The first kappa shape index (κ1) is 24.1. The van der Waals surface area contributed by atoms with Crippen molar-refractivity contribution in [2.75, 3.05) is 52.5 Å². The monoisotopic (exact) mass is 511 g/mol. The number of hydrogen-bond donors (Lipinski definition) is 0. The second-order valence-corrected chi connectivity index (χ2v) is 9.76. The van der Waals surface area contributed by atoms with E-state index in [1.807, 2.05) is 0 Å². The zero-order valence-electron chi connectivity index (χ0n) is 18.9. The number of ether oxygens (including phenoxy) is 1. The van der Waals surface area contributed by atoms with E-state index in [-0.39, 0.29) is 28.8 Å². The number of halogens is 4. The van der Waals surface area contributed by atoms with E-state index in [0.717, 1.165) is 12.1 Å². The third-order valence-corrected chi connectivity index (χ3v) is 7.07. The van der Waals surface area contributed by atoms with Crippen LogP contribution in [0.4, 0.5) is 18.0 Å². The molecule has 0 radical (unpaired) electrons. The van der Waals surface area contributed by atoms with Gasteiger partial charge in [0.2, 0.25) is 0 Å². The molecule has 2 atom stereocenters. The Morgan fingerprint density at radius 2 is 1.71 bits per heavy atom. The van der Waals surface area contributed by atoms with Crippen LogP contribution in [0.25, 0.3) is 0 Å². The Labute approximate surface area is 205 Å². The van der Waals surface area contributed by atoms with Crippen LogP contribution >= 0.6 is 11.6 Å². The van der Waals surface area contributed by atoms with Crippen LogP contribution in [0.15, 0.2) is 30.6 Å². The Kier molecular flexibility index (Phi) is 6.49. The maximum atomic E-state index is 13.1. The highest BCUT2D eigenvalue weighted by atomic mass is 35.5. The van der Waals surface area contributed by atoms with Crippen LogP contribution < -0.4 is 0 Å². The second-order valence-electron chi connectivity index (χ2n) is 9.33. The minimum Gasteiger partial charge on any atom is -0.378 e. The number of benzene rings is 1. The molecule has 2 amide bonds. The van der Waals surface area contributed by atoms with Crippen molar-refractivity contribution in [1.82, 2.24) is 24.5 Å². The zero-order valence-corrected chi connectivity index (χ0v) is 19.6. The first-order valence-corrected chi connectivity index (χ1v) is 11.8. The number of alkyl halides is 3. The largest absolute Gasteiger partial charge is 0.416 e. The summed E-state index contributed by atoms with van der Waals surface area (Å²) in [7, 11) is 0. The van der Waals surface area contributed by atoms with Gasteiger partial charge in [0.1, 0.15) is 0 Å². The highest BCUT2D eigenvalue weighted by Gasteiger charge is 2.42. The van der Waals surface area contributed by atoms with Crippen LogP contribution in [0.3, 0.4) is 0 Å². The normalized spacial score (nSPS) is 23.1. The minimum atomic E-state index is -4.44. The van der Waals surface area contributed by atoms with Crippen LogP contribution in [0.5, 0.6) is 0 Å². The maximum absolute atomic E-state index is 13.1. The third-order valence-electron chi connectivity index (χ3n) is 6.85. The van der Waals surface area contributed by atoms with Crippen molar-refractivity contribution in [3.05, 3.63) is 52.3 Å². The molecule has 0 spiro atoms. The molecule has 1 aromatic carbocycles. The molecule has 12 heteroatoms. The molecule has 4 heterocycles.